The van der Waals surface area contributed by atoms with E-state index in [0.29, 0.717) is 6.42 Å². The van der Waals surface area contributed by atoms with Crippen LogP contribution in [0.4, 0.5) is 0 Å². The summed E-state index contributed by atoms with van der Waals surface area (Å²) in [5.41, 5.74) is -0.500. The molecule has 0 saturated carbocycles. The lowest BCUT2D eigenvalue weighted by Crippen LogP contribution is -2.39. The highest BCUT2D eigenvalue weighted by atomic mass is 16.6. The quantitative estimate of drug-likeness (QED) is 0.711. The van der Waals surface area contributed by atoms with Gasteiger partial charge < -0.3 is 9.64 Å². The van der Waals surface area contributed by atoms with Crippen LogP contribution >= 0.6 is 0 Å². The number of hydrogen-bond acceptors (Lipinski definition) is 4. The van der Waals surface area contributed by atoms with Gasteiger partial charge in [-0.1, -0.05) is 0 Å². The maximum atomic E-state index is 12.2. The van der Waals surface area contributed by atoms with E-state index in [0.717, 1.165) is 12.8 Å². The zero-order valence-electron chi connectivity index (χ0n) is 11.7. The normalized spacial score (nSPS) is 29.2. The van der Waals surface area contributed by atoms with Gasteiger partial charge >= 0.3 is 5.97 Å². The van der Waals surface area contributed by atoms with Crippen molar-refractivity contribution in [3.63, 3.8) is 0 Å². The number of nitrogens with zero attached hydrogens (tertiary/aromatic N) is 2. The molecule has 0 aliphatic carbocycles. The number of hydrogen-bond donors (Lipinski definition) is 0. The Bertz CT molecular complexity index is 433. The van der Waals surface area contributed by atoms with Crippen LogP contribution in [0.25, 0.3) is 0 Å². The predicted molar refractivity (Wildman–Crippen MR) is 67.8 cm³/mol. The SMILES string of the molecule is CC(C)(C)OC(=O)[C@H]1C[C@H]2CC[C@H]1N2C(=O)CC#N. The zero-order chi connectivity index (χ0) is 14.2. The third kappa shape index (κ3) is 2.73. The van der Waals surface area contributed by atoms with E-state index in [1.807, 2.05) is 26.8 Å². The van der Waals surface area contributed by atoms with Crippen LogP contribution in [0.15, 0.2) is 0 Å². The molecule has 3 atom stereocenters. The summed E-state index contributed by atoms with van der Waals surface area (Å²) in [6.07, 6.45) is 2.34. The molecule has 2 bridgehead atoms. The average molecular weight is 264 g/mol. The number of fused-ring (bicyclic) bond motifs is 2. The van der Waals surface area contributed by atoms with Gasteiger partial charge in [0.2, 0.25) is 5.91 Å². The van der Waals surface area contributed by atoms with Crippen LogP contribution in [0.5, 0.6) is 0 Å². The molecule has 1 amide bonds. The second-order valence-electron chi connectivity index (χ2n) is 6.31. The average Bonchev–Trinajstić information content (AvgIpc) is 2.83. The lowest BCUT2D eigenvalue weighted by atomic mass is 9.89. The topological polar surface area (TPSA) is 70.4 Å². The Balaban J connectivity index is 2.06. The first-order valence-corrected chi connectivity index (χ1v) is 6.74. The van der Waals surface area contributed by atoms with Crippen molar-refractivity contribution in [3.8, 4) is 6.07 Å². The first-order valence-electron chi connectivity index (χ1n) is 6.74. The van der Waals surface area contributed by atoms with E-state index in [1.54, 1.807) is 4.90 Å². The zero-order valence-corrected chi connectivity index (χ0v) is 11.7. The van der Waals surface area contributed by atoms with Gasteiger partial charge in [0.05, 0.1) is 12.0 Å². The van der Waals surface area contributed by atoms with Gasteiger partial charge in [0.15, 0.2) is 0 Å². The molecule has 2 heterocycles. The molecular formula is C14H20N2O3. The first-order chi connectivity index (χ1) is 8.83. The number of nitriles is 1. The Hall–Kier alpha value is -1.57. The van der Waals surface area contributed by atoms with E-state index in [9.17, 15) is 9.59 Å². The molecule has 0 N–H and O–H groups in total. The van der Waals surface area contributed by atoms with Crippen LogP contribution in [0, 0.1) is 17.2 Å². The number of amides is 1. The highest BCUT2D eigenvalue weighted by molar-refractivity contribution is 5.82. The van der Waals surface area contributed by atoms with Crippen LogP contribution in [0.3, 0.4) is 0 Å². The van der Waals surface area contributed by atoms with Gasteiger partial charge in [-0.3, -0.25) is 9.59 Å². The van der Waals surface area contributed by atoms with Crippen LogP contribution in [0.1, 0.15) is 46.5 Å². The molecule has 0 aromatic carbocycles. The van der Waals surface area contributed by atoms with E-state index in [1.165, 1.54) is 0 Å². The van der Waals surface area contributed by atoms with Crippen LogP contribution in [0.2, 0.25) is 0 Å². The molecule has 0 radical (unpaired) electrons. The van der Waals surface area contributed by atoms with Crippen molar-refractivity contribution in [2.45, 2.75) is 64.1 Å². The van der Waals surface area contributed by atoms with Crippen LogP contribution < -0.4 is 0 Å². The molecule has 2 saturated heterocycles. The fourth-order valence-electron chi connectivity index (χ4n) is 3.17. The summed E-state index contributed by atoms with van der Waals surface area (Å²) < 4.78 is 5.42. The maximum absolute atomic E-state index is 12.2. The third-order valence-corrected chi connectivity index (χ3v) is 3.76. The molecule has 2 fully saturated rings. The maximum Gasteiger partial charge on any atom is 0.311 e. The second kappa shape index (κ2) is 4.84. The fourth-order valence-corrected chi connectivity index (χ4v) is 3.17. The molecule has 2 aliphatic heterocycles. The van der Waals surface area contributed by atoms with Gasteiger partial charge in [-0.2, -0.15) is 5.26 Å². The Morgan fingerprint density at radius 2 is 2.05 bits per heavy atom. The Labute approximate surface area is 113 Å². The molecule has 104 valence electrons. The Kier molecular flexibility index (Phi) is 3.53. The molecule has 19 heavy (non-hydrogen) atoms. The van der Waals surface area contributed by atoms with Gasteiger partial charge in [0, 0.05) is 12.1 Å². The van der Waals surface area contributed by atoms with E-state index in [2.05, 4.69) is 0 Å². The summed E-state index contributed by atoms with van der Waals surface area (Å²) in [6, 6.07) is 1.93. The second-order valence-corrected chi connectivity index (χ2v) is 6.31. The smallest absolute Gasteiger partial charge is 0.311 e. The van der Waals surface area contributed by atoms with Gasteiger partial charge in [0.25, 0.3) is 0 Å². The van der Waals surface area contributed by atoms with E-state index >= 15 is 0 Å². The molecular weight excluding hydrogens is 244 g/mol. The van der Waals surface area contributed by atoms with Crippen molar-refractivity contribution in [3.05, 3.63) is 0 Å². The summed E-state index contributed by atoms with van der Waals surface area (Å²) in [7, 11) is 0. The minimum absolute atomic E-state index is 0.0688. The molecule has 0 aromatic rings. The minimum atomic E-state index is -0.500. The van der Waals surface area contributed by atoms with E-state index in [4.69, 9.17) is 10.00 Å². The minimum Gasteiger partial charge on any atom is -0.460 e. The molecule has 2 rings (SSSR count). The van der Waals surface area contributed by atoms with E-state index < -0.39 is 5.60 Å². The summed E-state index contributed by atoms with van der Waals surface area (Å²) in [4.78, 5) is 25.8. The van der Waals surface area contributed by atoms with Crippen LogP contribution in [-0.4, -0.2) is 34.5 Å². The standard InChI is InChI=1S/C14H20N2O3/c1-14(2,3)19-13(18)10-8-9-4-5-11(10)16(9)12(17)6-7-15/h9-11H,4-6,8H2,1-3H3/t9-,10+,11-/m1/s1. The van der Waals surface area contributed by atoms with E-state index in [-0.39, 0.29) is 36.3 Å². The summed E-state index contributed by atoms with van der Waals surface area (Å²) in [6.45, 7) is 5.53. The third-order valence-electron chi connectivity index (χ3n) is 3.76. The predicted octanol–water partition coefficient (Wildman–Crippen LogP) is 1.62. The first kappa shape index (κ1) is 13.9. The van der Waals surface area contributed by atoms with Gasteiger partial charge in [-0.05, 0) is 40.0 Å². The van der Waals surface area contributed by atoms with Crippen molar-refractivity contribution in [2.75, 3.05) is 0 Å². The summed E-state index contributed by atoms with van der Waals surface area (Å²) in [5, 5.41) is 8.63. The lowest BCUT2D eigenvalue weighted by molar-refractivity contribution is -0.161. The van der Waals surface area contributed by atoms with Gasteiger partial charge in [0.1, 0.15) is 12.0 Å². The number of esters is 1. The van der Waals surface area contributed by atoms with Crippen molar-refractivity contribution < 1.29 is 14.3 Å². The molecule has 5 heteroatoms. The monoisotopic (exact) mass is 264 g/mol. The highest BCUT2D eigenvalue weighted by Gasteiger charge is 2.51. The fraction of sp³-hybridized carbons (Fsp3) is 0.786. The van der Waals surface area contributed by atoms with Crippen molar-refractivity contribution >= 4 is 11.9 Å². The molecule has 0 unspecified atom stereocenters. The largest absolute Gasteiger partial charge is 0.460 e. The number of rotatable bonds is 2. The van der Waals surface area contributed by atoms with Crippen molar-refractivity contribution in [2.24, 2.45) is 5.92 Å². The summed E-state index contributed by atoms with van der Waals surface area (Å²) in [5.74, 6) is -0.587. The van der Waals surface area contributed by atoms with Crippen molar-refractivity contribution in [1.82, 2.24) is 4.90 Å². The van der Waals surface area contributed by atoms with Gasteiger partial charge in [-0.15, -0.1) is 0 Å². The molecule has 0 spiro atoms. The number of carbonyl (C=O) groups is 2. The molecule has 0 aromatic heterocycles. The highest BCUT2D eigenvalue weighted by Crippen LogP contribution is 2.42. The summed E-state index contributed by atoms with van der Waals surface area (Å²) >= 11 is 0. The van der Waals surface area contributed by atoms with Crippen molar-refractivity contribution in [1.29, 1.82) is 5.26 Å². The number of carbonyl (C=O) groups excluding carboxylic acids is 2. The lowest BCUT2D eigenvalue weighted by Gasteiger charge is -2.26. The Morgan fingerprint density at radius 1 is 1.37 bits per heavy atom. The molecule has 5 nitrogen and oxygen atoms in total. The molecule has 2 aliphatic rings. The van der Waals surface area contributed by atoms with Crippen LogP contribution in [-0.2, 0) is 14.3 Å². The number of ether oxygens (including phenoxy) is 1. The van der Waals surface area contributed by atoms with Gasteiger partial charge in [-0.25, -0.2) is 0 Å². The Morgan fingerprint density at radius 3 is 2.63 bits per heavy atom.